The van der Waals surface area contributed by atoms with Gasteiger partial charge in [-0.1, -0.05) is 36.4 Å². The maximum atomic E-state index is 12.9. The molecule has 3 amide bonds. The minimum Gasteiger partial charge on any atom is -0.394 e. The fourth-order valence-electron chi connectivity index (χ4n) is 4.88. The Hall–Kier alpha value is -2.93. The molecule has 2 fully saturated rings. The Kier molecular flexibility index (Phi) is 5.47. The number of benzene rings is 1. The molecule has 30 heavy (non-hydrogen) atoms. The fourth-order valence-corrected chi connectivity index (χ4v) is 4.88. The fraction of sp³-hybridized carbons (Fsp3) is 0.435. The molecule has 1 aromatic heterocycles. The van der Waals surface area contributed by atoms with Crippen LogP contribution in [0.5, 0.6) is 0 Å². The van der Waals surface area contributed by atoms with Gasteiger partial charge in [0.05, 0.1) is 24.6 Å². The van der Waals surface area contributed by atoms with Crippen LogP contribution in [0.1, 0.15) is 30.9 Å². The second-order valence-corrected chi connectivity index (χ2v) is 8.50. The third-order valence-electron chi connectivity index (χ3n) is 6.11. The number of rotatable bonds is 5. The number of aliphatic hydroxyl groups is 1. The van der Waals surface area contributed by atoms with Crippen molar-refractivity contribution in [2.45, 2.75) is 43.8 Å². The summed E-state index contributed by atoms with van der Waals surface area (Å²) in [6.45, 7) is 4.65. The highest BCUT2D eigenvalue weighted by atomic mass is 16.3. The van der Waals surface area contributed by atoms with Gasteiger partial charge in [-0.05, 0) is 31.0 Å². The average molecular weight is 409 g/mol. The summed E-state index contributed by atoms with van der Waals surface area (Å²) >= 11 is 0. The van der Waals surface area contributed by atoms with E-state index in [0.29, 0.717) is 19.5 Å². The van der Waals surface area contributed by atoms with Gasteiger partial charge in [0.15, 0.2) is 0 Å². The largest absolute Gasteiger partial charge is 0.394 e. The molecule has 1 aromatic carbocycles. The van der Waals surface area contributed by atoms with Crippen molar-refractivity contribution in [1.29, 1.82) is 0 Å². The Morgan fingerprint density at radius 1 is 1.20 bits per heavy atom. The lowest BCUT2D eigenvalue weighted by Crippen LogP contribution is -2.86. The van der Waals surface area contributed by atoms with Crippen LogP contribution in [0.15, 0.2) is 54.9 Å². The number of nitrogens with zero attached hydrogens (tertiary/aromatic N) is 3. The van der Waals surface area contributed by atoms with Crippen molar-refractivity contribution in [2.75, 3.05) is 19.7 Å². The van der Waals surface area contributed by atoms with Crippen LogP contribution in [0.4, 0.5) is 4.79 Å². The molecule has 7 heteroatoms. The number of amides is 3. The maximum Gasteiger partial charge on any atom is 0.318 e. The number of urea groups is 1. The van der Waals surface area contributed by atoms with Crippen LogP contribution in [-0.4, -0.2) is 69.1 Å². The molecule has 2 aliphatic heterocycles. The van der Waals surface area contributed by atoms with E-state index in [2.05, 4.69) is 10.3 Å². The highest BCUT2D eigenvalue weighted by molar-refractivity contribution is 5.83. The lowest BCUT2D eigenvalue weighted by molar-refractivity contribution is -0.176. The average Bonchev–Trinajstić information content (AvgIpc) is 2.67. The molecular formula is C23H28N4O3. The summed E-state index contributed by atoms with van der Waals surface area (Å²) in [6.07, 6.45) is 3.68. The van der Waals surface area contributed by atoms with Crippen molar-refractivity contribution in [3.05, 3.63) is 66.0 Å². The predicted molar refractivity (Wildman–Crippen MR) is 113 cm³/mol. The molecule has 0 saturated carbocycles. The van der Waals surface area contributed by atoms with Gasteiger partial charge in [0.1, 0.15) is 0 Å². The van der Waals surface area contributed by atoms with E-state index in [0.717, 1.165) is 11.1 Å². The van der Waals surface area contributed by atoms with Gasteiger partial charge in [-0.2, -0.15) is 0 Å². The molecule has 2 aliphatic rings. The minimum atomic E-state index is -0.488. The van der Waals surface area contributed by atoms with Crippen molar-refractivity contribution >= 4 is 11.9 Å². The smallest absolute Gasteiger partial charge is 0.318 e. The first-order valence-electron chi connectivity index (χ1n) is 10.4. The van der Waals surface area contributed by atoms with Crippen molar-refractivity contribution in [1.82, 2.24) is 20.1 Å². The van der Waals surface area contributed by atoms with Crippen LogP contribution in [0.3, 0.4) is 0 Å². The minimum absolute atomic E-state index is 0.00643. The second kappa shape index (κ2) is 8.07. The van der Waals surface area contributed by atoms with Crippen molar-refractivity contribution in [3.8, 4) is 0 Å². The molecule has 4 rings (SSSR count). The van der Waals surface area contributed by atoms with Gasteiger partial charge in [0.25, 0.3) is 0 Å². The van der Waals surface area contributed by atoms with Crippen molar-refractivity contribution in [2.24, 2.45) is 0 Å². The van der Waals surface area contributed by atoms with Crippen LogP contribution in [-0.2, 0) is 11.2 Å². The molecule has 2 aromatic rings. The summed E-state index contributed by atoms with van der Waals surface area (Å²) in [5, 5.41) is 13.0. The van der Waals surface area contributed by atoms with Crippen molar-refractivity contribution in [3.63, 3.8) is 0 Å². The van der Waals surface area contributed by atoms with E-state index >= 15 is 0 Å². The number of carbonyl (C=O) groups is 2. The third kappa shape index (κ3) is 3.43. The first-order valence-corrected chi connectivity index (χ1v) is 10.4. The van der Waals surface area contributed by atoms with E-state index in [-0.39, 0.29) is 36.5 Å². The van der Waals surface area contributed by atoms with Crippen molar-refractivity contribution < 1.29 is 14.7 Å². The van der Waals surface area contributed by atoms with E-state index in [9.17, 15) is 14.7 Å². The normalized spacial score (nSPS) is 21.9. The predicted octanol–water partition coefficient (Wildman–Crippen LogP) is 1.78. The molecule has 1 spiro atoms. The molecule has 0 aliphatic carbocycles. The Labute approximate surface area is 176 Å². The molecule has 2 N–H and O–H groups in total. The number of likely N-dealkylation sites (tertiary alicyclic amines) is 2. The Morgan fingerprint density at radius 2 is 1.93 bits per heavy atom. The van der Waals surface area contributed by atoms with Gasteiger partial charge in [-0.3, -0.25) is 9.78 Å². The van der Waals surface area contributed by atoms with E-state index in [4.69, 9.17) is 0 Å². The molecule has 0 radical (unpaired) electrons. The summed E-state index contributed by atoms with van der Waals surface area (Å²) in [5.41, 5.74) is 1.47. The van der Waals surface area contributed by atoms with Gasteiger partial charge in [-0.15, -0.1) is 0 Å². The molecule has 158 valence electrons. The zero-order valence-electron chi connectivity index (χ0n) is 17.4. The van der Waals surface area contributed by atoms with Gasteiger partial charge in [0.2, 0.25) is 5.91 Å². The number of hydrogen-bond donors (Lipinski definition) is 2. The molecule has 2 atom stereocenters. The monoisotopic (exact) mass is 408 g/mol. The summed E-state index contributed by atoms with van der Waals surface area (Å²) < 4.78 is 0. The van der Waals surface area contributed by atoms with E-state index < -0.39 is 5.54 Å². The lowest BCUT2D eigenvalue weighted by atomic mass is 9.61. The third-order valence-corrected chi connectivity index (χ3v) is 6.11. The molecule has 7 nitrogen and oxygen atoms in total. The summed E-state index contributed by atoms with van der Waals surface area (Å²) in [7, 11) is 0. The first-order chi connectivity index (χ1) is 14.5. The zero-order chi connectivity index (χ0) is 21.3. The Morgan fingerprint density at radius 3 is 2.53 bits per heavy atom. The molecule has 0 bridgehead atoms. The molecular weight excluding hydrogens is 380 g/mol. The quantitative estimate of drug-likeness (QED) is 0.790. The Balaban J connectivity index is 1.56. The standard InChI is InChI=1S/C23H28N4O3/c1-16(2)25-22(30)27-19(13-28)21(18-8-4-3-5-9-18)23(27)14-26(15-23)20(29)11-17-7-6-10-24-12-17/h3-10,12,16,19,21,28H,11,13-15H2,1-2H3,(H,25,30)/t19-,21-/m1/s1. The topological polar surface area (TPSA) is 85.8 Å². The van der Waals surface area contributed by atoms with E-state index in [1.807, 2.05) is 56.3 Å². The number of nitrogens with one attached hydrogen (secondary N) is 1. The van der Waals surface area contributed by atoms with Gasteiger partial charge in [0, 0.05) is 37.4 Å². The lowest BCUT2D eigenvalue weighted by Gasteiger charge is -2.70. The van der Waals surface area contributed by atoms with Gasteiger partial charge in [-0.25, -0.2) is 4.79 Å². The number of hydrogen-bond acceptors (Lipinski definition) is 4. The summed E-state index contributed by atoms with van der Waals surface area (Å²) in [4.78, 5) is 33.4. The SMILES string of the molecule is CC(C)NC(=O)N1[C@H](CO)[C@@H](c2ccccc2)C12CN(C(=O)Cc1cccnc1)C2. The van der Waals surface area contributed by atoms with Crippen LogP contribution in [0.25, 0.3) is 0 Å². The van der Waals surface area contributed by atoms with Crippen LogP contribution in [0, 0.1) is 0 Å². The van der Waals surface area contributed by atoms with Crippen LogP contribution in [0.2, 0.25) is 0 Å². The second-order valence-electron chi connectivity index (χ2n) is 8.50. The first kappa shape index (κ1) is 20.3. The molecule has 2 saturated heterocycles. The van der Waals surface area contributed by atoms with Crippen LogP contribution < -0.4 is 5.32 Å². The molecule has 3 heterocycles. The van der Waals surface area contributed by atoms with Crippen LogP contribution >= 0.6 is 0 Å². The highest BCUT2D eigenvalue weighted by Crippen LogP contribution is 2.53. The maximum absolute atomic E-state index is 12.9. The molecule has 0 unspecified atom stereocenters. The highest BCUT2D eigenvalue weighted by Gasteiger charge is 2.68. The van der Waals surface area contributed by atoms with Gasteiger partial charge >= 0.3 is 6.03 Å². The van der Waals surface area contributed by atoms with E-state index in [1.54, 1.807) is 22.2 Å². The zero-order valence-corrected chi connectivity index (χ0v) is 17.4. The number of carbonyl (C=O) groups excluding carboxylic acids is 2. The number of aromatic nitrogens is 1. The van der Waals surface area contributed by atoms with Gasteiger partial charge < -0.3 is 20.2 Å². The number of pyridine rings is 1. The number of aliphatic hydroxyl groups excluding tert-OH is 1. The van der Waals surface area contributed by atoms with E-state index in [1.165, 1.54) is 0 Å². The summed E-state index contributed by atoms with van der Waals surface area (Å²) in [6, 6.07) is 13.2. The Bertz CT molecular complexity index is 897. The summed E-state index contributed by atoms with van der Waals surface area (Å²) in [5.74, 6) is 0.0150.